The predicted octanol–water partition coefficient (Wildman–Crippen LogP) is 1.32. The number of amides is 1. The number of nitrogens with zero attached hydrogens (tertiary/aromatic N) is 2. The average molecular weight is 280 g/mol. The number of hydrogen-bond acceptors (Lipinski definition) is 5. The first-order chi connectivity index (χ1) is 9.47. The summed E-state index contributed by atoms with van der Waals surface area (Å²) in [5.74, 6) is -0.313. The van der Waals surface area contributed by atoms with Gasteiger partial charge in [-0.1, -0.05) is 6.07 Å². The van der Waals surface area contributed by atoms with Crippen LogP contribution in [-0.2, 0) is 0 Å². The zero-order chi connectivity index (χ0) is 15.1. The highest BCUT2D eigenvalue weighted by Gasteiger charge is 2.20. The summed E-state index contributed by atoms with van der Waals surface area (Å²) in [5, 5.41) is 16.6. The van der Waals surface area contributed by atoms with Gasteiger partial charge >= 0.3 is 0 Å². The standard InChI is InChI=1S/C13H20N4O3/c1-4-14-12-10(6-5-7-11(12)17(19)20)13(18)15-8-9-16(2)3/h5-7,14H,4,8-9H2,1-3H3,(H,15,18). The molecular formula is C13H20N4O3. The lowest BCUT2D eigenvalue weighted by atomic mass is 10.1. The van der Waals surface area contributed by atoms with Gasteiger partial charge in [-0.25, -0.2) is 0 Å². The van der Waals surface area contributed by atoms with Gasteiger partial charge in [0.1, 0.15) is 5.69 Å². The predicted molar refractivity (Wildman–Crippen MR) is 78.1 cm³/mol. The van der Waals surface area contributed by atoms with E-state index in [-0.39, 0.29) is 17.3 Å². The second-order valence-electron chi connectivity index (χ2n) is 4.55. The molecule has 1 aromatic rings. The molecule has 0 saturated heterocycles. The van der Waals surface area contributed by atoms with Crippen molar-refractivity contribution in [3.8, 4) is 0 Å². The van der Waals surface area contributed by atoms with Crippen LogP contribution in [0, 0.1) is 10.1 Å². The quantitative estimate of drug-likeness (QED) is 0.581. The summed E-state index contributed by atoms with van der Waals surface area (Å²) < 4.78 is 0. The molecule has 7 heteroatoms. The van der Waals surface area contributed by atoms with E-state index < -0.39 is 4.92 Å². The van der Waals surface area contributed by atoms with Gasteiger partial charge < -0.3 is 15.5 Å². The largest absolute Gasteiger partial charge is 0.379 e. The number of carbonyl (C=O) groups is 1. The van der Waals surface area contributed by atoms with Crippen molar-refractivity contribution in [2.75, 3.05) is 39.0 Å². The minimum absolute atomic E-state index is 0.0906. The van der Waals surface area contributed by atoms with Gasteiger partial charge in [-0.2, -0.15) is 0 Å². The normalized spacial score (nSPS) is 10.4. The van der Waals surface area contributed by atoms with Crippen molar-refractivity contribution >= 4 is 17.3 Å². The number of nitro groups is 1. The molecule has 0 fully saturated rings. The Morgan fingerprint density at radius 1 is 1.40 bits per heavy atom. The molecule has 0 heterocycles. The fourth-order valence-corrected chi connectivity index (χ4v) is 1.73. The van der Waals surface area contributed by atoms with Gasteiger partial charge in [0.15, 0.2) is 0 Å². The van der Waals surface area contributed by atoms with Gasteiger partial charge in [0.2, 0.25) is 0 Å². The number of nitrogens with one attached hydrogen (secondary N) is 2. The van der Waals surface area contributed by atoms with Gasteiger partial charge in [0.05, 0.1) is 10.5 Å². The molecule has 0 unspecified atom stereocenters. The molecule has 0 aliphatic heterocycles. The molecule has 0 aromatic heterocycles. The van der Waals surface area contributed by atoms with Gasteiger partial charge in [-0.3, -0.25) is 14.9 Å². The lowest BCUT2D eigenvalue weighted by Crippen LogP contribution is -2.31. The Hall–Kier alpha value is -2.15. The molecule has 20 heavy (non-hydrogen) atoms. The van der Waals surface area contributed by atoms with Crippen molar-refractivity contribution in [3.05, 3.63) is 33.9 Å². The average Bonchev–Trinajstić information content (AvgIpc) is 2.38. The highest BCUT2D eigenvalue weighted by Crippen LogP contribution is 2.28. The number of nitro benzene ring substituents is 1. The maximum atomic E-state index is 12.1. The fourth-order valence-electron chi connectivity index (χ4n) is 1.73. The Morgan fingerprint density at radius 2 is 2.10 bits per heavy atom. The Labute approximate surface area is 118 Å². The van der Waals surface area contributed by atoms with Crippen molar-refractivity contribution in [2.24, 2.45) is 0 Å². The highest BCUT2D eigenvalue weighted by atomic mass is 16.6. The van der Waals surface area contributed by atoms with Crippen molar-refractivity contribution in [1.29, 1.82) is 0 Å². The third kappa shape index (κ3) is 4.20. The van der Waals surface area contributed by atoms with Crippen molar-refractivity contribution in [1.82, 2.24) is 10.2 Å². The van der Waals surface area contributed by atoms with Crippen LogP contribution >= 0.6 is 0 Å². The number of hydrogen-bond donors (Lipinski definition) is 2. The third-order valence-electron chi connectivity index (χ3n) is 2.68. The van der Waals surface area contributed by atoms with Crippen LogP contribution in [0.2, 0.25) is 0 Å². The van der Waals surface area contributed by atoms with Crippen LogP contribution in [-0.4, -0.2) is 49.5 Å². The summed E-state index contributed by atoms with van der Waals surface area (Å²) in [6, 6.07) is 4.48. The fraction of sp³-hybridized carbons (Fsp3) is 0.462. The van der Waals surface area contributed by atoms with E-state index in [9.17, 15) is 14.9 Å². The first-order valence-electron chi connectivity index (χ1n) is 6.41. The first kappa shape index (κ1) is 15.9. The third-order valence-corrected chi connectivity index (χ3v) is 2.68. The molecule has 7 nitrogen and oxygen atoms in total. The molecule has 0 bridgehead atoms. The Balaban J connectivity index is 2.95. The molecule has 0 spiro atoms. The molecule has 0 saturated carbocycles. The Kier molecular flexibility index (Phi) is 5.92. The molecule has 2 N–H and O–H groups in total. The van der Waals surface area contributed by atoms with E-state index in [1.54, 1.807) is 6.07 Å². The van der Waals surface area contributed by atoms with E-state index in [2.05, 4.69) is 10.6 Å². The molecule has 1 amide bonds. The van der Waals surface area contributed by atoms with Gasteiger partial charge in [-0.05, 0) is 27.1 Å². The van der Waals surface area contributed by atoms with Crippen LogP contribution < -0.4 is 10.6 Å². The summed E-state index contributed by atoms with van der Waals surface area (Å²) >= 11 is 0. The van der Waals surface area contributed by atoms with Crippen LogP contribution in [0.25, 0.3) is 0 Å². The summed E-state index contributed by atoms with van der Waals surface area (Å²) in [4.78, 5) is 24.6. The molecule has 0 aliphatic rings. The zero-order valence-corrected chi connectivity index (χ0v) is 12.0. The van der Waals surface area contributed by atoms with E-state index in [0.717, 1.165) is 0 Å². The molecule has 0 aliphatic carbocycles. The van der Waals surface area contributed by atoms with E-state index in [1.165, 1.54) is 12.1 Å². The van der Waals surface area contributed by atoms with Crippen LogP contribution in [0.5, 0.6) is 0 Å². The topological polar surface area (TPSA) is 87.5 Å². The Morgan fingerprint density at radius 3 is 2.65 bits per heavy atom. The maximum absolute atomic E-state index is 12.1. The minimum Gasteiger partial charge on any atom is -0.379 e. The monoisotopic (exact) mass is 280 g/mol. The molecule has 0 radical (unpaired) electrons. The summed E-state index contributed by atoms with van der Waals surface area (Å²) in [6.45, 7) is 3.52. The molecule has 110 valence electrons. The minimum atomic E-state index is -0.491. The van der Waals surface area contributed by atoms with Crippen LogP contribution in [0.4, 0.5) is 11.4 Å². The lowest BCUT2D eigenvalue weighted by Gasteiger charge is -2.13. The smallest absolute Gasteiger partial charge is 0.293 e. The van der Waals surface area contributed by atoms with E-state index in [1.807, 2.05) is 25.9 Å². The van der Waals surface area contributed by atoms with E-state index in [4.69, 9.17) is 0 Å². The number of anilines is 1. The number of rotatable bonds is 7. The van der Waals surface area contributed by atoms with Gasteiger partial charge in [0.25, 0.3) is 11.6 Å². The van der Waals surface area contributed by atoms with Gasteiger partial charge in [0, 0.05) is 25.7 Å². The number of para-hydroxylation sites is 1. The van der Waals surface area contributed by atoms with E-state index >= 15 is 0 Å². The van der Waals surface area contributed by atoms with Crippen molar-refractivity contribution in [3.63, 3.8) is 0 Å². The second-order valence-corrected chi connectivity index (χ2v) is 4.55. The lowest BCUT2D eigenvalue weighted by molar-refractivity contribution is -0.384. The number of benzene rings is 1. The van der Waals surface area contributed by atoms with E-state index in [0.29, 0.717) is 25.2 Å². The number of likely N-dealkylation sites (N-methyl/N-ethyl adjacent to an activating group) is 1. The van der Waals surface area contributed by atoms with Crippen LogP contribution in [0.3, 0.4) is 0 Å². The van der Waals surface area contributed by atoms with Crippen LogP contribution in [0.1, 0.15) is 17.3 Å². The molecule has 1 aromatic carbocycles. The van der Waals surface area contributed by atoms with Gasteiger partial charge in [-0.15, -0.1) is 0 Å². The highest BCUT2D eigenvalue weighted by molar-refractivity contribution is 6.01. The SMILES string of the molecule is CCNc1c(C(=O)NCCN(C)C)cccc1[N+](=O)[O-]. The van der Waals surface area contributed by atoms with Crippen molar-refractivity contribution in [2.45, 2.75) is 6.92 Å². The van der Waals surface area contributed by atoms with Crippen molar-refractivity contribution < 1.29 is 9.72 Å². The zero-order valence-electron chi connectivity index (χ0n) is 12.0. The van der Waals surface area contributed by atoms with Crippen LogP contribution in [0.15, 0.2) is 18.2 Å². The first-order valence-corrected chi connectivity index (χ1v) is 6.41. The summed E-state index contributed by atoms with van der Waals surface area (Å²) in [7, 11) is 3.81. The Bertz CT molecular complexity index is 489. The maximum Gasteiger partial charge on any atom is 0.293 e. The number of carbonyl (C=O) groups excluding carboxylic acids is 1. The summed E-state index contributed by atoms with van der Waals surface area (Å²) in [5.41, 5.74) is 0.467. The molecule has 1 rings (SSSR count). The second kappa shape index (κ2) is 7.44. The summed E-state index contributed by atoms with van der Waals surface area (Å²) in [6.07, 6.45) is 0. The molecule has 0 atom stereocenters. The molecular weight excluding hydrogens is 260 g/mol.